The molecule has 7 nitrogen and oxygen atoms in total. The molecule has 0 bridgehead atoms. The quantitative estimate of drug-likeness (QED) is 0.768. The molecule has 0 radical (unpaired) electrons. The molecule has 1 amide bonds. The average Bonchev–Trinajstić information content (AvgIpc) is 2.92. The Morgan fingerprint density at radius 2 is 1.79 bits per heavy atom. The van der Waals surface area contributed by atoms with E-state index in [9.17, 15) is 21.6 Å². The molecule has 1 heterocycles. The number of fused-ring (bicyclic) bond motifs is 1. The third-order valence-corrected chi connectivity index (χ3v) is 6.96. The second-order valence-corrected chi connectivity index (χ2v) is 9.61. The fourth-order valence-electron chi connectivity index (χ4n) is 2.61. The van der Waals surface area contributed by atoms with Crippen molar-refractivity contribution in [2.75, 3.05) is 11.5 Å². The van der Waals surface area contributed by atoms with E-state index in [0.29, 0.717) is 0 Å². The summed E-state index contributed by atoms with van der Waals surface area (Å²) in [5.74, 6) is -1.67. The summed E-state index contributed by atoms with van der Waals surface area (Å²) in [4.78, 5) is 14.0. The zero-order valence-corrected chi connectivity index (χ0v) is 14.2. The van der Waals surface area contributed by atoms with Gasteiger partial charge < -0.3 is 0 Å². The van der Waals surface area contributed by atoms with E-state index < -0.39 is 31.7 Å². The topological polar surface area (TPSA) is 109 Å². The first-order valence-corrected chi connectivity index (χ1v) is 10.6. The SMILES string of the molecule is O=C(NNS(=O)(=O)c1ccc2ccccc2c1)[C@@H]1CCS(=O)(=O)C1. The van der Waals surface area contributed by atoms with E-state index in [-0.39, 0.29) is 22.8 Å². The fraction of sp³-hybridized carbons (Fsp3) is 0.267. The second kappa shape index (κ2) is 6.15. The van der Waals surface area contributed by atoms with Gasteiger partial charge in [-0.3, -0.25) is 10.2 Å². The highest BCUT2D eigenvalue weighted by molar-refractivity contribution is 7.91. The molecule has 1 atom stereocenters. The lowest BCUT2D eigenvalue weighted by Crippen LogP contribution is -2.44. The van der Waals surface area contributed by atoms with Crippen LogP contribution < -0.4 is 10.3 Å². The van der Waals surface area contributed by atoms with Gasteiger partial charge in [-0.25, -0.2) is 16.8 Å². The highest BCUT2D eigenvalue weighted by atomic mass is 32.2. The van der Waals surface area contributed by atoms with Crippen molar-refractivity contribution in [1.82, 2.24) is 10.3 Å². The summed E-state index contributed by atoms with van der Waals surface area (Å²) < 4.78 is 47.3. The van der Waals surface area contributed by atoms with E-state index in [0.717, 1.165) is 10.8 Å². The van der Waals surface area contributed by atoms with Gasteiger partial charge in [-0.1, -0.05) is 30.3 Å². The van der Waals surface area contributed by atoms with E-state index in [1.165, 1.54) is 12.1 Å². The van der Waals surface area contributed by atoms with Gasteiger partial charge in [0.25, 0.3) is 10.0 Å². The summed E-state index contributed by atoms with van der Waals surface area (Å²) in [6, 6.07) is 11.9. The molecular formula is C15H16N2O5S2. The maximum atomic E-state index is 12.3. The number of benzene rings is 2. The van der Waals surface area contributed by atoms with E-state index in [2.05, 4.69) is 5.43 Å². The molecule has 1 aliphatic heterocycles. The van der Waals surface area contributed by atoms with Crippen LogP contribution in [0.15, 0.2) is 47.4 Å². The van der Waals surface area contributed by atoms with Crippen LogP contribution in [0.2, 0.25) is 0 Å². The van der Waals surface area contributed by atoms with Crippen molar-refractivity contribution in [3.63, 3.8) is 0 Å². The second-order valence-electron chi connectivity index (χ2n) is 5.70. The van der Waals surface area contributed by atoms with Crippen LogP contribution in [0.5, 0.6) is 0 Å². The minimum atomic E-state index is -3.94. The molecule has 9 heteroatoms. The van der Waals surface area contributed by atoms with Crippen molar-refractivity contribution in [3.8, 4) is 0 Å². The van der Waals surface area contributed by atoms with Crippen LogP contribution in [-0.2, 0) is 24.7 Å². The molecule has 0 unspecified atom stereocenters. The molecule has 2 aromatic rings. The highest BCUT2D eigenvalue weighted by Crippen LogP contribution is 2.20. The zero-order chi connectivity index (χ0) is 17.4. The number of nitrogens with one attached hydrogen (secondary N) is 2. The van der Waals surface area contributed by atoms with Gasteiger partial charge in [-0.2, -0.15) is 0 Å². The molecule has 1 saturated heterocycles. The number of amides is 1. The van der Waals surface area contributed by atoms with Gasteiger partial charge in [0.2, 0.25) is 5.91 Å². The maximum Gasteiger partial charge on any atom is 0.257 e. The average molecular weight is 368 g/mol. The molecule has 0 saturated carbocycles. The van der Waals surface area contributed by atoms with Crippen LogP contribution in [0.4, 0.5) is 0 Å². The third-order valence-electron chi connectivity index (χ3n) is 3.94. The molecule has 3 rings (SSSR count). The van der Waals surface area contributed by atoms with Gasteiger partial charge in [0, 0.05) is 0 Å². The first-order chi connectivity index (χ1) is 11.3. The molecule has 128 valence electrons. The Morgan fingerprint density at radius 3 is 2.46 bits per heavy atom. The lowest BCUT2D eigenvalue weighted by molar-refractivity contribution is -0.124. The normalized spacial score (nSPS) is 20.1. The van der Waals surface area contributed by atoms with E-state index >= 15 is 0 Å². The van der Waals surface area contributed by atoms with Crippen LogP contribution >= 0.6 is 0 Å². The van der Waals surface area contributed by atoms with Gasteiger partial charge in [0.05, 0.1) is 22.3 Å². The van der Waals surface area contributed by atoms with Crippen LogP contribution in [0.3, 0.4) is 0 Å². The minimum Gasteiger partial charge on any atom is -0.277 e. The van der Waals surface area contributed by atoms with Gasteiger partial charge in [-0.15, -0.1) is 4.83 Å². The number of rotatable bonds is 4. The molecule has 2 N–H and O–H groups in total. The molecule has 0 aromatic heterocycles. The molecule has 24 heavy (non-hydrogen) atoms. The third kappa shape index (κ3) is 3.58. The van der Waals surface area contributed by atoms with E-state index in [1.54, 1.807) is 18.2 Å². The molecular weight excluding hydrogens is 352 g/mol. The van der Waals surface area contributed by atoms with Crippen molar-refractivity contribution >= 4 is 36.5 Å². The smallest absolute Gasteiger partial charge is 0.257 e. The first-order valence-electron chi connectivity index (χ1n) is 7.28. The Hall–Kier alpha value is -1.97. The predicted octanol–water partition coefficient (Wildman–Crippen LogP) is 0.584. The number of carbonyl (C=O) groups is 1. The van der Waals surface area contributed by atoms with Gasteiger partial charge in [0.15, 0.2) is 9.84 Å². The van der Waals surface area contributed by atoms with Crippen LogP contribution in [0.25, 0.3) is 10.8 Å². The number of sulfonamides is 1. The van der Waals surface area contributed by atoms with Crippen LogP contribution in [-0.4, -0.2) is 34.2 Å². The maximum absolute atomic E-state index is 12.3. The van der Waals surface area contributed by atoms with Crippen molar-refractivity contribution in [2.24, 2.45) is 5.92 Å². The molecule has 0 spiro atoms. The highest BCUT2D eigenvalue weighted by Gasteiger charge is 2.33. The van der Waals surface area contributed by atoms with Crippen molar-refractivity contribution < 1.29 is 21.6 Å². The Balaban J connectivity index is 1.72. The standard InChI is InChI=1S/C15H16N2O5S2/c18-15(13-7-8-23(19,20)10-13)16-17-24(21,22)14-6-5-11-3-1-2-4-12(11)9-14/h1-6,9,13,17H,7-8,10H2,(H,16,18)/t13-/m1/s1. The van der Waals surface area contributed by atoms with Gasteiger partial charge >= 0.3 is 0 Å². The molecule has 1 fully saturated rings. The van der Waals surface area contributed by atoms with Crippen molar-refractivity contribution in [2.45, 2.75) is 11.3 Å². The number of hydrogen-bond donors (Lipinski definition) is 2. The first kappa shape index (κ1) is 16.9. The summed E-state index contributed by atoms with van der Waals surface area (Å²) in [6.45, 7) is 0. The minimum absolute atomic E-state index is 0.0144. The monoisotopic (exact) mass is 368 g/mol. The summed E-state index contributed by atoms with van der Waals surface area (Å²) in [7, 11) is -7.15. The Morgan fingerprint density at radius 1 is 1.08 bits per heavy atom. The van der Waals surface area contributed by atoms with Gasteiger partial charge in [0.1, 0.15) is 0 Å². The largest absolute Gasteiger partial charge is 0.277 e. The number of sulfone groups is 1. The Labute approximate surface area is 140 Å². The Kier molecular flexibility index (Phi) is 4.33. The van der Waals surface area contributed by atoms with E-state index in [1.807, 2.05) is 17.0 Å². The predicted molar refractivity (Wildman–Crippen MR) is 89.2 cm³/mol. The molecule has 2 aromatic carbocycles. The van der Waals surface area contributed by atoms with Crippen molar-refractivity contribution in [1.29, 1.82) is 0 Å². The summed E-state index contributed by atoms with van der Waals surface area (Å²) in [5, 5.41) is 1.66. The Bertz CT molecular complexity index is 999. The zero-order valence-electron chi connectivity index (χ0n) is 12.6. The fourth-order valence-corrected chi connectivity index (χ4v) is 5.24. The number of carbonyl (C=O) groups excluding carboxylic acids is 1. The van der Waals surface area contributed by atoms with Crippen LogP contribution in [0, 0.1) is 5.92 Å². The lowest BCUT2D eigenvalue weighted by Gasteiger charge is -2.11. The summed E-state index contributed by atoms with van der Waals surface area (Å²) >= 11 is 0. The molecule has 1 aliphatic rings. The van der Waals surface area contributed by atoms with E-state index in [4.69, 9.17) is 0 Å². The van der Waals surface area contributed by atoms with Crippen molar-refractivity contribution in [3.05, 3.63) is 42.5 Å². The number of hydrazine groups is 1. The lowest BCUT2D eigenvalue weighted by atomic mass is 10.1. The summed E-state index contributed by atoms with van der Waals surface area (Å²) in [5.41, 5.74) is 2.11. The van der Waals surface area contributed by atoms with Gasteiger partial charge in [-0.05, 0) is 29.3 Å². The summed E-state index contributed by atoms with van der Waals surface area (Å²) in [6.07, 6.45) is 0.200. The number of hydrogen-bond acceptors (Lipinski definition) is 5. The molecule has 0 aliphatic carbocycles. The van der Waals surface area contributed by atoms with Crippen LogP contribution in [0.1, 0.15) is 6.42 Å².